The fraction of sp³-hybridized carbons (Fsp3) is 0.875. The lowest BCUT2D eigenvalue weighted by Crippen LogP contribution is -2.26. The fourth-order valence-electron chi connectivity index (χ4n) is 0.669. The van der Waals surface area contributed by atoms with Crippen molar-refractivity contribution < 1.29 is 27.8 Å². The summed E-state index contributed by atoms with van der Waals surface area (Å²) < 4.78 is 40.7. The summed E-state index contributed by atoms with van der Waals surface area (Å²) in [5.41, 5.74) is 0. The number of aliphatic hydroxyl groups is 1. The lowest BCUT2D eigenvalue weighted by molar-refractivity contribution is -0.146. The number of hydrogen-bond acceptors (Lipinski definition) is 3. The molecule has 2 unspecified atom stereocenters. The lowest BCUT2D eigenvalue weighted by atomic mass is 10.3. The van der Waals surface area contributed by atoms with Crippen molar-refractivity contribution in [3.8, 4) is 0 Å². The number of halogens is 3. The van der Waals surface area contributed by atoms with Crippen LogP contribution in [-0.2, 0) is 9.53 Å². The van der Waals surface area contributed by atoms with E-state index in [-0.39, 0.29) is 19.4 Å². The van der Waals surface area contributed by atoms with Crippen molar-refractivity contribution in [2.45, 2.75) is 25.2 Å². The summed E-state index contributed by atoms with van der Waals surface area (Å²) in [4.78, 5) is 10.7. The predicted octanol–water partition coefficient (Wildman–Crippen LogP) is 0.948. The van der Waals surface area contributed by atoms with Gasteiger partial charge in [0.05, 0.1) is 0 Å². The third kappa shape index (κ3) is 5.80. The summed E-state index contributed by atoms with van der Waals surface area (Å²) in [6.07, 6.45) is -4.23. The van der Waals surface area contributed by atoms with E-state index < -0.39 is 31.6 Å². The fourth-order valence-corrected chi connectivity index (χ4v) is 0.669. The molecule has 0 aliphatic heterocycles. The molecule has 0 amide bonds. The highest BCUT2D eigenvalue weighted by molar-refractivity contribution is 5.69. The zero-order valence-corrected chi connectivity index (χ0v) is 7.59. The summed E-state index contributed by atoms with van der Waals surface area (Å²) in [5, 5.41) is 8.33. The molecular weight excluding hydrogens is 201 g/mol. The number of carbonyl (C=O) groups is 1. The molecule has 14 heavy (non-hydrogen) atoms. The molecule has 0 bridgehead atoms. The number of carbonyl (C=O) groups excluding carboxylic acids is 1. The molecule has 0 aromatic carbocycles. The van der Waals surface area contributed by atoms with Crippen LogP contribution in [0.25, 0.3) is 0 Å². The van der Waals surface area contributed by atoms with Crippen molar-refractivity contribution in [1.29, 1.82) is 0 Å². The lowest BCUT2D eigenvalue weighted by Gasteiger charge is -2.10. The first-order chi connectivity index (χ1) is 6.61. The summed E-state index contributed by atoms with van der Waals surface area (Å²) in [6.45, 7) is -2.39. The Hall–Kier alpha value is -0.780. The van der Waals surface area contributed by atoms with E-state index in [0.29, 0.717) is 0 Å². The molecule has 0 heterocycles. The molecule has 0 aromatic heterocycles. The molecular formula is C8H13F3O3. The first-order valence-electron chi connectivity index (χ1n) is 4.22. The minimum absolute atomic E-state index is 0.0597. The van der Waals surface area contributed by atoms with Crippen LogP contribution >= 0.6 is 0 Å². The second-order valence-electron chi connectivity index (χ2n) is 2.70. The molecule has 0 radical (unpaired) electrons. The number of rotatable bonds is 7. The molecule has 6 heteroatoms. The Bertz CT molecular complexity index is 166. The summed E-state index contributed by atoms with van der Waals surface area (Å²) in [6, 6.07) is 0. The van der Waals surface area contributed by atoms with Gasteiger partial charge in [-0.2, -0.15) is 0 Å². The second kappa shape index (κ2) is 7.61. The maximum atomic E-state index is 12.5. The van der Waals surface area contributed by atoms with Gasteiger partial charge in [-0.3, -0.25) is 4.79 Å². The molecule has 0 aliphatic carbocycles. The zero-order chi connectivity index (χ0) is 11.0. The average molecular weight is 214 g/mol. The van der Waals surface area contributed by atoms with Crippen LogP contribution < -0.4 is 0 Å². The van der Waals surface area contributed by atoms with Gasteiger partial charge in [0.1, 0.15) is 13.3 Å². The van der Waals surface area contributed by atoms with Crippen LogP contribution in [0.5, 0.6) is 0 Å². The van der Waals surface area contributed by atoms with E-state index in [0.717, 1.165) is 0 Å². The number of hydrogen-bond donors (Lipinski definition) is 1. The molecule has 0 saturated heterocycles. The molecule has 0 fully saturated rings. The number of ether oxygens (including phenoxy) is 1. The van der Waals surface area contributed by atoms with Crippen molar-refractivity contribution in [3.05, 3.63) is 0 Å². The molecule has 0 aromatic rings. The van der Waals surface area contributed by atoms with Gasteiger partial charge in [0, 0.05) is 13.0 Å². The quantitative estimate of drug-likeness (QED) is 0.642. The van der Waals surface area contributed by atoms with E-state index in [1.165, 1.54) is 0 Å². The van der Waals surface area contributed by atoms with Gasteiger partial charge in [-0.25, -0.2) is 13.2 Å². The van der Waals surface area contributed by atoms with E-state index in [2.05, 4.69) is 4.74 Å². The average Bonchev–Trinajstić information content (AvgIpc) is 2.21. The summed E-state index contributed by atoms with van der Waals surface area (Å²) in [7, 11) is 0. The minimum Gasteiger partial charge on any atom is -0.462 e. The number of esters is 1. The van der Waals surface area contributed by atoms with E-state index in [1.807, 2.05) is 0 Å². The normalized spacial score (nSPS) is 14.9. The Morgan fingerprint density at radius 1 is 1.36 bits per heavy atom. The minimum atomic E-state index is -2.25. The maximum Gasteiger partial charge on any atom is 0.305 e. The van der Waals surface area contributed by atoms with Crippen LogP contribution in [0.3, 0.4) is 0 Å². The van der Waals surface area contributed by atoms with E-state index >= 15 is 0 Å². The first kappa shape index (κ1) is 13.2. The van der Waals surface area contributed by atoms with Gasteiger partial charge < -0.3 is 9.84 Å². The Labute approximate surface area is 79.9 Å². The van der Waals surface area contributed by atoms with Gasteiger partial charge in [0.2, 0.25) is 0 Å². The standard InChI is InChI=1S/C8H13F3O3/c9-4-6(10)7(11)5-14-8(13)2-1-3-12/h6-7,12H,1-5H2. The topological polar surface area (TPSA) is 46.5 Å². The van der Waals surface area contributed by atoms with Gasteiger partial charge in [-0.15, -0.1) is 0 Å². The number of alkyl halides is 3. The second-order valence-corrected chi connectivity index (χ2v) is 2.70. The van der Waals surface area contributed by atoms with Crippen LogP contribution in [0.2, 0.25) is 0 Å². The van der Waals surface area contributed by atoms with E-state index in [4.69, 9.17) is 5.11 Å². The van der Waals surface area contributed by atoms with Gasteiger partial charge >= 0.3 is 5.97 Å². The van der Waals surface area contributed by atoms with E-state index in [9.17, 15) is 18.0 Å². The Morgan fingerprint density at radius 2 is 2.00 bits per heavy atom. The largest absolute Gasteiger partial charge is 0.462 e. The Morgan fingerprint density at radius 3 is 2.50 bits per heavy atom. The Balaban J connectivity index is 3.55. The van der Waals surface area contributed by atoms with Crippen LogP contribution in [-0.4, -0.2) is 43.3 Å². The highest BCUT2D eigenvalue weighted by atomic mass is 19.2. The third-order valence-electron chi connectivity index (χ3n) is 1.48. The monoisotopic (exact) mass is 214 g/mol. The maximum absolute atomic E-state index is 12.5. The Kier molecular flexibility index (Phi) is 7.18. The van der Waals surface area contributed by atoms with Gasteiger partial charge in [-0.05, 0) is 6.42 Å². The van der Waals surface area contributed by atoms with Crippen molar-refractivity contribution in [2.75, 3.05) is 19.9 Å². The van der Waals surface area contributed by atoms with Crippen molar-refractivity contribution in [2.24, 2.45) is 0 Å². The highest BCUT2D eigenvalue weighted by Gasteiger charge is 2.21. The molecule has 0 aliphatic rings. The highest BCUT2D eigenvalue weighted by Crippen LogP contribution is 2.06. The molecule has 2 atom stereocenters. The zero-order valence-electron chi connectivity index (χ0n) is 7.59. The van der Waals surface area contributed by atoms with Gasteiger partial charge in [-0.1, -0.05) is 0 Å². The van der Waals surface area contributed by atoms with Crippen LogP contribution in [0, 0.1) is 0 Å². The van der Waals surface area contributed by atoms with Crippen molar-refractivity contribution >= 4 is 5.97 Å². The van der Waals surface area contributed by atoms with Gasteiger partial charge in [0.25, 0.3) is 0 Å². The smallest absolute Gasteiger partial charge is 0.305 e. The summed E-state index contributed by atoms with van der Waals surface area (Å²) >= 11 is 0. The van der Waals surface area contributed by atoms with Crippen molar-refractivity contribution in [3.63, 3.8) is 0 Å². The SMILES string of the molecule is O=C(CCCO)OCC(F)C(F)CF. The number of aliphatic hydroxyl groups excluding tert-OH is 1. The summed E-state index contributed by atoms with van der Waals surface area (Å²) in [5.74, 6) is -0.729. The molecule has 3 nitrogen and oxygen atoms in total. The van der Waals surface area contributed by atoms with Gasteiger partial charge in [0.15, 0.2) is 12.3 Å². The molecule has 0 spiro atoms. The first-order valence-corrected chi connectivity index (χ1v) is 4.22. The molecule has 0 saturated carbocycles. The molecule has 1 N–H and O–H groups in total. The van der Waals surface area contributed by atoms with Crippen LogP contribution in [0.1, 0.15) is 12.8 Å². The predicted molar refractivity (Wildman–Crippen MR) is 43.0 cm³/mol. The van der Waals surface area contributed by atoms with Crippen molar-refractivity contribution in [1.82, 2.24) is 0 Å². The van der Waals surface area contributed by atoms with Crippen LogP contribution in [0.4, 0.5) is 13.2 Å². The van der Waals surface area contributed by atoms with E-state index in [1.54, 1.807) is 0 Å². The third-order valence-corrected chi connectivity index (χ3v) is 1.48. The van der Waals surface area contributed by atoms with Crippen LogP contribution in [0.15, 0.2) is 0 Å². The molecule has 0 rings (SSSR count). The molecule has 84 valence electrons.